The van der Waals surface area contributed by atoms with Gasteiger partial charge in [0.2, 0.25) is 15.9 Å². The van der Waals surface area contributed by atoms with Crippen LogP contribution in [0.15, 0.2) is 82.2 Å². The number of halogens is 2. The summed E-state index contributed by atoms with van der Waals surface area (Å²) in [6.45, 7) is -0.456. The van der Waals surface area contributed by atoms with Crippen molar-refractivity contribution in [2.24, 2.45) is 0 Å². The van der Waals surface area contributed by atoms with Gasteiger partial charge < -0.3 is 5.32 Å². The van der Waals surface area contributed by atoms with Crippen LogP contribution in [-0.4, -0.2) is 25.2 Å². The molecule has 3 aromatic rings. The highest BCUT2D eigenvalue weighted by Gasteiger charge is 2.44. The Balaban J connectivity index is 1.55. The van der Waals surface area contributed by atoms with Crippen molar-refractivity contribution in [3.05, 3.63) is 93.4 Å². The Hall–Kier alpha value is -2.70. The largest absolute Gasteiger partial charge is 0.325 e. The number of amides is 1. The number of nitrogens with one attached hydrogen (secondary N) is 1. The normalized spacial score (nSPS) is 14.4. The summed E-state index contributed by atoms with van der Waals surface area (Å²) in [6, 6.07) is 22.6. The number of sulfonamides is 1. The lowest BCUT2D eigenvalue weighted by molar-refractivity contribution is -0.116. The average Bonchev–Trinajstić information content (AvgIpc) is 3.62. The molecule has 34 heavy (non-hydrogen) atoms. The fourth-order valence-corrected chi connectivity index (χ4v) is 5.46. The van der Waals surface area contributed by atoms with Crippen LogP contribution in [0.2, 0.25) is 5.02 Å². The van der Waals surface area contributed by atoms with E-state index < -0.39 is 27.9 Å². The molecule has 9 heteroatoms. The monoisotopic (exact) mass is 557 g/mol. The third-order valence-electron chi connectivity index (χ3n) is 5.76. The molecule has 4 rings (SSSR count). The van der Waals surface area contributed by atoms with Gasteiger partial charge in [-0.3, -0.25) is 4.79 Å². The third-order valence-corrected chi connectivity index (χ3v) is 8.46. The first-order valence-electron chi connectivity index (χ1n) is 10.5. The predicted molar refractivity (Wildman–Crippen MR) is 135 cm³/mol. The zero-order valence-corrected chi connectivity index (χ0v) is 21.2. The molecule has 1 fully saturated rings. The summed E-state index contributed by atoms with van der Waals surface area (Å²) in [5.74, 6) is -0.484. The lowest BCUT2D eigenvalue weighted by Crippen LogP contribution is -2.37. The molecule has 3 aromatic carbocycles. The van der Waals surface area contributed by atoms with Gasteiger partial charge >= 0.3 is 0 Å². The zero-order valence-electron chi connectivity index (χ0n) is 18.0. The number of carbonyl (C=O) groups excluding carboxylic acids is 1. The molecule has 6 nitrogen and oxygen atoms in total. The highest BCUT2D eigenvalue weighted by Crippen LogP contribution is 2.47. The Morgan fingerprint density at radius 1 is 1.06 bits per heavy atom. The molecule has 174 valence electrons. The van der Waals surface area contributed by atoms with Crippen LogP contribution < -0.4 is 5.32 Å². The number of hydrogen-bond donors (Lipinski definition) is 1. The number of carbonyl (C=O) groups is 1. The van der Waals surface area contributed by atoms with Crippen molar-refractivity contribution in [2.45, 2.75) is 29.7 Å². The Morgan fingerprint density at radius 2 is 1.71 bits per heavy atom. The van der Waals surface area contributed by atoms with Crippen molar-refractivity contribution < 1.29 is 13.2 Å². The quantitative estimate of drug-likeness (QED) is 0.396. The highest BCUT2D eigenvalue weighted by atomic mass is 79.9. The molecule has 0 spiro atoms. The summed E-state index contributed by atoms with van der Waals surface area (Å²) >= 11 is 9.58. The van der Waals surface area contributed by atoms with E-state index in [0.29, 0.717) is 16.3 Å². The summed E-state index contributed by atoms with van der Waals surface area (Å²) < 4.78 is 28.7. The molecule has 1 aliphatic rings. The second-order valence-electron chi connectivity index (χ2n) is 8.14. The van der Waals surface area contributed by atoms with Crippen molar-refractivity contribution in [1.29, 1.82) is 5.26 Å². The van der Waals surface area contributed by atoms with E-state index in [1.165, 1.54) is 12.1 Å². The molecule has 0 bridgehead atoms. The van der Waals surface area contributed by atoms with Gasteiger partial charge in [0.25, 0.3) is 0 Å². The van der Waals surface area contributed by atoms with Crippen LogP contribution in [-0.2, 0) is 26.8 Å². The van der Waals surface area contributed by atoms with Crippen LogP contribution in [0.1, 0.15) is 24.0 Å². The van der Waals surface area contributed by atoms with Gasteiger partial charge in [-0.15, -0.1) is 0 Å². The Labute approximate surface area is 212 Å². The lowest BCUT2D eigenvalue weighted by Gasteiger charge is -2.22. The van der Waals surface area contributed by atoms with Gasteiger partial charge in [0, 0.05) is 21.7 Å². The molecular formula is C25H21BrClN3O3S. The minimum Gasteiger partial charge on any atom is -0.325 e. The van der Waals surface area contributed by atoms with Crippen LogP contribution >= 0.6 is 27.5 Å². The smallest absolute Gasteiger partial charge is 0.243 e. The van der Waals surface area contributed by atoms with Gasteiger partial charge in [0.1, 0.15) is 0 Å². The number of nitrogens with zero attached hydrogens (tertiary/aromatic N) is 2. The van der Waals surface area contributed by atoms with Gasteiger partial charge in [-0.2, -0.15) is 9.57 Å². The Kier molecular flexibility index (Phi) is 7.10. The van der Waals surface area contributed by atoms with Gasteiger partial charge in [-0.1, -0.05) is 57.9 Å². The third kappa shape index (κ3) is 5.34. The summed E-state index contributed by atoms with van der Waals surface area (Å²) in [5.41, 5.74) is 1.63. The maximum Gasteiger partial charge on any atom is 0.243 e. The number of benzene rings is 3. The summed E-state index contributed by atoms with van der Waals surface area (Å²) in [5, 5.41) is 12.5. The van der Waals surface area contributed by atoms with Crippen LogP contribution in [0.25, 0.3) is 0 Å². The molecule has 0 heterocycles. The van der Waals surface area contributed by atoms with Gasteiger partial charge in [0.15, 0.2) is 0 Å². The standard InChI is InChI=1S/C25H21BrClN3O3S/c26-20-7-11-22(12-8-20)34(32,33)30(15-18-3-1-2-4-23(18)27)16-24(31)29-21-9-5-19(6-10-21)25(17-28)13-14-25/h1-12H,13-16H2,(H,29,31). The molecule has 1 aliphatic carbocycles. The van der Waals surface area contributed by atoms with E-state index >= 15 is 0 Å². The number of rotatable bonds is 8. The minimum absolute atomic E-state index is 0.0604. The summed E-state index contributed by atoms with van der Waals surface area (Å²) in [7, 11) is -3.98. The fourth-order valence-electron chi connectivity index (χ4n) is 3.62. The van der Waals surface area contributed by atoms with E-state index in [2.05, 4.69) is 27.3 Å². The number of hydrogen-bond acceptors (Lipinski definition) is 4. The van der Waals surface area contributed by atoms with E-state index in [4.69, 9.17) is 11.6 Å². The number of anilines is 1. The lowest BCUT2D eigenvalue weighted by atomic mass is 9.98. The summed E-state index contributed by atoms with van der Waals surface area (Å²) in [6.07, 6.45) is 1.67. The Morgan fingerprint density at radius 3 is 2.29 bits per heavy atom. The first kappa shape index (κ1) is 24.4. The van der Waals surface area contributed by atoms with Crippen molar-refractivity contribution in [3.63, 3.8) is 0 Å². The van der Waals surface area contributed by atoms with Crippen molar-refractivity contribution in [3.8, 4) is 6.07 Å². The van der Waals surface area contributed by atoms with Gasteiger partial charge in [-0.05, 0) is 66.4 Å². The topological polar surface area (TPSA) is 90.3 Å². The van der Waals surface area contributed by atoms with E-state index in [-0.39, 0.29) is 11.4 Å². The van der Waals surface area contributed by atoms with E-state index in [1.54, 1.807) is 48.5 Å². The molecule has 0 atom stereocenters. The second kappa shape index (κ2) is 9.88. The molecule has 0 aromatic heterocycles. The molecule has 1 amide bonds. The molecule has 0 saturated heterocycles. The molecule has 0 aliphatic heterocycles. The van der Waals surface area contributed by atoms with E-state index in [0.717, 1.165) is 27.2 Å². The molecule has 0 radical (unpaired) electrons. The second-order valence-corrected chi connectivity index (χ2v) is 11.4. The highest BCUT2D eigenvalue weighted by molar-refractivity contribution is 9.10. The molecular weight excluding hydrogens is 538 g/mol. The maximum absolute atomic E-state index is 13.4. The maximum atomic E-state index is 13.4. The van der Waals surface area contributed by atoms with Crippen molar-refractivity contribution in [1.82, 2.24) is 4.31 Å². The van der Waals surface area contributed by atoms with Crippen LogP contribution in [0, 0.1) is 11.3 Å². The van der Waals surface area contributed by atoms with Gasteiger partial charge in [0.05, 0.1) is 22.9 Å². The minimum atomic E-state index is -3.98. The average molecular weight is 559 g/mol. The first-order valence-corrected chi connectivity index (χ1v) is 13.2. The fraction of sp³-hybridized carbons (Fsp3) is 0.200. The first-order chi connectivity index (χ1) is 16.2. The van der Waals surface area contributed by atoms with E-state index in [9.17, 15) is 18.5 Å². The van der Waals surface area contributed by atoms with Crippen molar-refractivity contribution in [2.75, 3.05) is 11.9 Å². The van der Waals surface area contributed by atoms with Gasteiger partial charge in [-0.25, -0.2) is 8.42 Å². The zero-order chi connectivity index (χ0) is 24.3. The van der Waals surface area contributed by atoms with Crippen LogP contribution in [0.3, 0.4) is 0 Å². The molecule has 1 N–H and O–H groups in total. The van der Waals surface area contributed by atoms with Crippen molar-refractivity contribution >= 4 is 49.1 Å². The SMILES string of the molecule is N#CC1(c2ccc(NC(=O)CN(Cc3ccccc3Cl)S(=O)(=O)c3ccc(Br)cc3)cc2)CC1. The molecule has 0 unspecified atom stereocenters. The summed E-state index contributed by atoms with van der Waals surface area (Å²) in [4.78, 5) is 12.9. The number of nitriles is 1. The predicted octanol–water partition coefficient (Wildman–Crippen LogP) is 5.49. The molecule has 1 saturated carbocycles. The van der Waals surface area contributed by atoms with E-state index in [1.807, 2.05) is 12.1 Å². The Bertz CT molecular complexity index is 1350. The van der Waals surface area contributed by atoms with Crippen LogP contribution in [0.5, 0.6) is 0 Å². The van der Waals surface area contributed by atoms with Crippen LogP contribution in [0.4, 0.5) is 5.69 Å².